The largest absolute Gasteiger partial charge is 0.467 e. The zero-order valence-electron chi connectivity index (χ0n) is 10.1. The van der Waals surface area contributed by atoms with Crippen molar-refractivity contribution in [3.8, 4) is 0 Å². The number of nitrogens with one attached hydrogen (secondary N) is 1. The smallest absolute Gasteiger partial charge is 0.276 e. The van der Waals surface area contributed by atoms with E-state index in [1.165, 1.54) is 4.90 Å². The number of halogens is 1. The van der Waals surface area contributed by atoms with E-state index in [9.17, 15) is 4.79 Å². The van der Waals surface area contributed by atoms with Gasteiger partial charge in [0.05, 0.1) is 16.6 Å². The second-order valence-electron chi connectivity index (χ2n) is 4.14. The molecular weight excluding hydrogens is 360 g/mol. The van der Waals surface area contributed by atoms with Crippen LogP contribution < -0.4 is 5.32 Å². The third-order valence-corrected chi connectivity index (χ3v) is 4.60. The predicted octanol–water partition coefficient (Wildman–Crippen LogP) is 3.36. The van der Waals surface area contributed by atoms with Gasteiger partial charge in [-0.1, -0.05) is 0 Å². The molecule has 0 atom stereocenters. The highest BCUT2D eigenvalue weighted by atomic mass is 79.9. The number of thiophene rings is 1. The van der Waals surface area contributed by atoms with E-state index in [1.54, 1.807) is 29.7 Å². The van der Waals surface area contributed by atoms with Crippen LogP contribution in [0.15, 0.2) is 43.7 Å². The lowest BCUT2D eigenvalue weighted by Crippen LogP contribution is -2.29. The van der Waals surface area contributed by atoms with Gasteiger partial charge < -0.3 is 9.73 Å². The normalized spacial score (nSPS) is 17.1. The van der Waals surface area contributed by atoms with Crippen LogP contribution in [0.5, 0.6) is 0 Å². The highest BCUT2D eigenvalue weighted by Gasteiger charge is 2.31. The number of amides is 1. The Morgan fingerprint density at radius 1 is 1.55 bits per heavy atom. The van der Waals surface area contributed by atoms with Gasteiger partial charge in [-0.25, -0.2) is 0 Å². The third-order valence-electron chi connectivity index (χ3n) is 2.76. The molecule has 1 aliphatic rings. The fourth-order valence-electron chi connectivity index (χ4n) is 1.84. The average molecular weight is 369 g/mol. The van der Waals surface area contributed by atoms with E-state index in [1.807, 2.05) is 17.5 Å². The third kappa shape index (κ3) is 2.70. The number of furan rings is 1. The van der Waals surface area contributed by atoms with Crippen molar-refractivity contribution >= 4 is 56.6 Å². The fraction of sp³-hybridized carbons (Fsp3) is 0.0769. The van der Waals surface area contributed by atoms with Crippen LogP contribution in [0, 0.1) is 0 Å². The summed E-state index contributed by atoms with van der Waals surface area (Å²) in [5.74, 6) is 0.552. The Balaban J connectivity index is 1.81. The van der Waals surface area contributed by atoms with E-state index in [-0.39, 0.29) is 5.91 Å². The standard InChI is InChI=1S/C13H9BrN2O2S2/c14-11-5-8(7-20-11)4-10-12(17)16(13(19)15-10)6-9-2-1-3-18-9/h1-5,7H,6H2,(H,15,19)/b10-4-. The van der Waals surface area contributed by atoms with Crippen molar-refractivity contribution < 1.29 is 9.21 Å². The van der Waals surface area contributed by atoms with Crippen LogP contribution in [0.2, 0.25) is 0 Å². The summed E-state index contributed by atoms with van der Waals surface area (Å²) in [6, 6.07) is 5.55. The van der Waals surface area contributed by atoms with Gasteiger partial charge in [0.1, 0.15) is 11.5 Å². The molecule has 0 unspecified atom stereocenters. The van der Waals surface area contributed by atoms with Crippen LogP contribution in [-0.2, 0) is 11.3 Å². The first-order chi connectivity index (χ1) is 9.63. The summed E-state index contributed by atoms with van der Waals surface area (Å²) in [6.45, 7) is 0.336. The fourth-order valence-corrected chi connectivity index (χ4v) is 3.23. The Hall–Kier alpha value is -1.44. The zero-order chi connectivity index (χ0) is 14.1. The molecule has 0 aromatic carbocycles. The number of thiocarbonyl (C=S) groups is 1. The molecular formula is C13H9BrN2O2S2. The second kappa shape index (κ2) is 5.51. The predicted molar refractivity (Wildman–Crippen MR) is 85.0 cm³/mol. The Bertz CT molecular complexity index is 691. The maximum Gasteiger partial charge on any atom is 0.276 e. The lowest BCUT2D eigenvalue weighted by Gasteiger charge is -2.11. The van der Waals surface area contributed by atoms with Crippen molar-refractivity contribution in [2.24, 2.45) is 0 Å². The summed E-state index contributed by atoms with van der Waals surface area (Å²) < 4.78 is 6.26. The molecule has 7 heteroatoms. The number of nitrogens with zero attached hydrogens (tertiary/aromatic N) is 1. The first kappa shape index (κ1) is 13.5. The summed E-state index contributed by atoms with van der Waals surface area (Å²) >= 11 is 10.2. The Labute approximate surface area is 133 Å². The average Bonchev–Trinajstić information content (AvgIpc) is 3.10. The Morgan fingerprint density at radius 2 is 2.40 bits per heavy atom. The molecule has 1 saturated heterocycles. The van der Waals surface area contributed by atoms with Crippen LogP contribution in [-0.4, -0.2) is 15.9 Å². The lowest BCUT2D eigenvalue weighted by molar-refractivity contribution is -0.122. The molecule has 0 radical (unpaired) electrons. The van der Waals surface area contributed by atoms with E-state index in [2.05, 4.69) is 21.2 Å². The number of hydrogen-bond acceptors (Lipinski definition) is 4. The molecule has 20 heavy (non-hydrogen) atoms. The molecule has 102 valence electrons. The highest BCUT2D eigenvalue weighted by Crippen LogP contribution is 2.24. The Kier molecular flexibility index (Phi) is 3.73. The molecule has 1 aliphatic heterocycles. The highest BCUT2D eigenvalue weighted by molar-refractivity contribution is 9.11. The molecule has 0 aliphatic carbocycles. The summed E-state index contributed by atoms with van der Waals surface area (Å²) in [6.07, 6.45) is 3.37. The van der Waals surface area contributed by atoms with E-state index in [0.29, 0.717) is 23.1 Å². The molecule has 0 saturated carbocycles. The molecule has 1 fully saturated rings. The van der Waals surface area contributed by atoms with Crippen molar-refractivity contribution in [3.63, 3.8) is 0 Å². The lowest BCUT2D eigenvalue weighted by atomic mass is 10.2. The first-order valence-corrected chi connectivity index (χ1v) is 7.82. The van der Waals surface area contributed by atoms with Gasteiger partial charge in [-0.05, 0) is 63.4 Å². The summed E-state index contributed by atoms with van der Waals surface area (Å²) in [4.78, 5) is 13.8. The molecule has 2 aromatic rings. The molecule has 0 spiro atoms. The van der Waals surface area contributed by atoms with E-state index < -0.39 is 0 Å². The quantitative estimate of drug-likeness (QED) is 0.666. The number of carbonyl (C=O) groups excluding carboxylic acids is 1. The van der Waals surface area contributed by atoms with Gasteiger partial charge >= 0.3 is 0 Å². The van der Waals surface area contributed by atoms with Crippen molar-refractivity contribution in [1.82, 2.24) is 10.2 Å². The molecule has 1 N–H and O–H groups in total. The summed E-state index contributed by atoms with van der Waals surface area (Å²) in [7, 11) is 0. The molecule has 2 aromatic heterocycles. The maximum absolute atomic E-state index is 12.3. The van der Waals surface area contributed by atoms with Gasteiger partial charge in [-0.15, -0.1) is 11.3 Å². The Morgan fingerprint density at radius 3 is 3.05 bits per heavy atom. The topological polar surface area (TPSA) is 45.5 Å². The monoisotopic (exact) mass is 368 g/mol. The molecule has 0 bridgehead atoms. The molecule has 3 heterocycles. The van der Waals surface area contributed by atoms with Crippen molar-refractivity contribution in [2.45, 2.75) is 6.54 Å². The van der Waals surface area contributed by atoms with Crippen molar-refractivity contribution in [3.05, 3.63) is 50.6 Å². The second-order valence-corrected chi connectivity index (χ2v) is 6.82. The van der Waals surface area contributed by atoms with Gasteiger partial charge in [0.15, 0.2) is 5.11 Å². The maximum atomic E-state index is 12.3. The minimum absolute atomic E-state index is 0.145. The summed E-state index contributed by atoms with van der Waals surface area (Å²) in [5.41, 5.74) is 1.44. The van der Waals surface area contributed by atoms with Crippen molar-refractivity contribution in [2.75, 3.05) is 0 Å². The first-order valence-electron chi connectivity index (χ1n) is 5.74. The van der Waals surface area contributed by atoms with Gasteiger partial charge in [0, 0.05) is 0 Å². The molecule has 1 amide bonds. The zero-order valence-corrected chi connectivity index (χ0v) is 13.3. The minimum atomic E-state index is -0.145. The van der Waals surface area contributed by atoms with Gasteiger partial charge in [-0.3, -0.25) is 9.69 Å². The van der Waals surface area contributed by atoms with Gasteiger partial charge in [-0.2, -0.15) is 0 Å². The number of rotatable bonds is 3. The van der Waals surface area contributed by atoms with Crippen LogP contribution in [0.25, 0.3) is 6.08 Å². The van der Waals surface area contributed by atoms with Crippen LogP contribution in [0.4, 0.5) is 0 Å². The van der Waals surface area contributed by atoms with Crippen LogP contribution in [0.3, 0.4) is 0 Å². The van der Waals surface area contributed by atoms with Crippen molar-refractivity contribution in [1.29, 1.82) is 0 Å². The molecule has 3 rings (SSSR count). The van der Waals surface area contributed by atoms with Gasteiger partial charge in [0.25, 0.3) is 5.91 Å². The minimum Gasteiger partial charge on any atom is -0.467 e. The number of hydrogen-bond donors (Lipinski definition) is 1. The van der Waals surface area contributed by atoms with E-state index in [0.717, 1.165) is 9.35 Å². The van der Waals surface area contributed by atoms with Crippen LogP contribution >= 0.6 is 39.5 Å². The van der Waals surface area contributed by atoms with Gasteiger partial charge in [0.2, 0.25) is 0 Å². The molecule has 4 nitrogen and oxygen atoms in total. The van der Waals surface area contributed by atoms with E-state index >= 15 is 0 Å². The number of carbonyl (C=O) groups is 1. The van der Waals surface area contributed by atoms with Crippen LogP contribution in [0.1, 0.15) is 11.3 Å². The van der Waals surface area contributed by atoms with E-state index in [4.69, 9.17) is 16.6 Å². The summed E-state index contributed by atoms with van der Waals surface area (Å²) in [5, 5.41) is 5.30. The SMILES string of the molecule is O=C1/C(=C/c2csc(Br)c2)NC(=S)N1Cc1ccco1.